The standard InChI is InChI=1S/C49H33N3O.C46H31N3OSi.C42H25NS/c1-49(2)40-26-32(33-20-13-21-37-36-19-10-12-23-46(36)53-47(33)37)24-25-34(40)38-28-45-39(27-41(38)49)35-18-9-11-22-44(35)52(45)48-50-42(30-14-5-3-6-15-30)29-43(51-48)31-16-7-4-8-17-31;1-4-16-33(17-5-1)51(34-18-6-2-7-19-34,35-20-8-3-9-21-35)36-22-14-15-32(31-36)40-29-30-47-46(48-40)49-41-25-12-10-24-39(41)44-42(49)28-27-38-37-23-11-13-26-43(37)50-45(38)44;1-2-14-31-29(12-1)30-13-3-4-15-32(30)37-25-27(20-21-33(31)37)26-10-9-11-28(24-26)43-38-18-7-5-17-36(38)41-39(43)23-22-35-34-16-6-8-19-40(34)44-42(35)41/h3-29H,1-2H3;1-31H;1-25H. The summed E-state index contributed by atoms with van der Waals surface area (Å²) >= 11 is 1.90. The Morgan fingerprint density at radius 2 is 0.682 bits per heavy atom. The molecule has 148 heavy (non-hydrogen) atoms. The number of fused-ring (bicyclic) bond motifs is 29. The third kappa shape index (κ3) is 13.7. The first-order valence-electron chi connectivity index (χ1n) is 50.5. The van der Waals surface area contributed by atoms with Gasteiger partial charge in [0, 0.05) is 108 Å². The van der Waals surface area contributed by atoms with E-state index >= 15 is 0 Å². The number of aromatic nitrogens is 7. The van der Waals surface area contributed by atoms with Crippen LogP contribution in [0.2, 0.25) is 0 Å². The van der Waals surface area contributed by atoms with Crippen molar-refractivity contribution in [3.05, 3.63) is 515 Å². The van der Waals surface area contributed by atoms with Crippen LogP contribution in [0.4, 0.5) is 0 Å². The maximum Gasteiger partial charge on any atom is 0.235 e. The highest BCUT2D eigenvalue weighted by molar-refractivity contribution is 7.26. The van der Waals surface area contributed by atoms with Crippen molar-refractivity contribution in [1.29, 1.82) is 0 Å². The third-order valence-corrected chi connectivity index (χ3v) is 36.8. The SMILES string of the molecule is CC1(C)c2cc(-c3cccc4c3oc3ccccc34)ccc2-c2cc3c(cc21)c1ccccc1n3-c1nc(-c2ccccc2)cc(-c2ccccc2)n1.c1cc(-c2ccc3c4ccccc4c4ccccc4c3c2)cc(-n2c3ccccc3c3c4sc5ccccc5c4ccc32)c1.c1ccc([Si](c2ccccc2)(c2ccccc2)c2cccc(-c3ccnc(-n4c5ccccc5c5c6oc7ccccc7c6ccc54)n3)c2)cc1. The fourth-order valence-corrected chi connectivity index (χ4v) is 30.1. The molecule has 0 saturated heterocycles. The molecule has 0 spiro atoms. The largest absolute Gasteiger partial charge is 0.455 e. The number of para-hydroxylation sites is 6. The second kappa shape index (κ2) is 34.5. The van der Waals surface area contributed by atoms with Crippen molar-refractivity contribution in [2.75, 3.05) is 0 Å². The van der Waals surface area contributed by atoms with E-state index in [0.717, 1.165) is 122 Å². The molecule has 0 aliphatic heterocycles. The molecule has 30 aromatic rings. The maximum absolute atomic E-state index is 6.52. The van der Waals surface area contributed by atoms with Crippen molar-refractivity contribution >= 4 is 202 Å². The molecule has 0 unspecified atom stereocenters. The first-order valence-corrected chi connectivity index (χ1v) is 53.3. The molecule has 8 aromatic heterocycles. The van der Waals surface area contributed by atoms with Crippen molar-refractivity contribution in [1.82, 2.24) is 33.6 Å². The first-order chi connectivity index (χ1) is 73.2. The van der Waals surface area contributed by atoms with Gasteiger partial charge in [-0.05, 0) is 195 Å². The Morgan fingerprint density at radius 3 is 1.33 bits per heavy atom. The number of hydrogen-bond acceptors (Lipinski definition) is 7. The van der Waals surface area contributed by atoms with E-state index in [-0.39, 0.29) is 5.41 Å². The van der Waals surface area contributed by atoms with Gasteiger partial charge in [0.1, 0.15) is 22.3 Å². The van der Waals surface area contributed by atoms with Gasteiger partial charge in [0.25, 0.3) is 0 Å². The lowest BCUT2D eigenvalue weighted by Gasteiger charge is -2.34. The molecular formula is C137H89N7O2SSi. The number of rotatable bonds is 12. The van der Waals surface area contributed by atoms with Crippen LogP contribution in [0.3, 0.4) is 0 Å². The van der Waals surface area contributed by atoms with Crippen molar-refractivity contribution in [3.8, 4) is 84.7 Å². The smallest absolute Gasteiger partial charge is 0.235 e. The first kappa shape index (κ1) is 85.9. The molecule has 0 atom stereocenters. The highest BCUT2D eigenvalue weighted by Gasteiger charge is 2.42. The molecule has 0 fully saturated rings. The van der Waals surface area contributed by atoms with Crippen molar-refractivity contribution in [2.24, 2.45) is 0 Å². The van der Waals surface area contributed by atoms with Crippen LogP contribution in [0, 0.1) is 0 Å². The van der Waals surface area contributed by atoms with Gasteiger partial charge in [0.05, 0.1) is 55.6 Å². The number of benzene rings is 22. The van der Waals surface area contributed by atoms with Crippen molar-refractivity contribution in [2.45, 2.75) is 19.3 Å². The Hall–Kier alpha value is -18.8. The van der Waals surface area contributed by atoms with E-state index in [1.807, 2.05) is 60.0 Å². The van der Waals surface area contributed by atoms with Crippen molar-refractivity contribution in [3.63, 3.8) is 0 Å². The van der Waals surface area contributed by atoms with Gasteiger partial charge in [0.2, 0.25) is 11.9 Å². The summed E-state index contributed by atoms with van der Waals surface area (Å²) in [6, 6.07) is 179. The lowest BCUT2D eigenvalue weighted by atomic mass is 9.81. The summed E-state index contributed by atoms with van der Waals surface area (Å²) in [5.74, 6) is 1.28. The summed E-state index contributed by atoms with van der Waals surface area (Å²) in [5, 5.41) is 27.5. The average molecular weight is 1930 g/mol. The van der Waals surface area contributed by atoms with Crippen LogP contribution in [0.25, 0.3) is 247 Å². The fraction of sp³-hybridized carbons (Fsp3) is 0.0219. The summed E-state index contributed by atoms with van der Waals surface area (Å²) in [4.78, 5) is 20.7. The summed E-state index contributed by atoms with van der Waals surface area (Å²) in [5.41, 5.74) is 27.0. The van der Waals surface area contributed by atoms with Gasteiger partial charge in [-0.15, -0.1) is 11.3 Å². The molecule has 0 saturated carbocycles. The van der Waals surface area contributed by atoms with E-state index in [0.29, 0.717) is 11.9 Å². The van der Waals surface area contributed by atoms with E-state index < -0.39 is 8.07 Å². The number of furan rings is 2. The highest BCUT2D eigenvalue weighted by atomic mass is 32.1. The second-order valence-electron chi connectivity index (χ2n) is 39.3. The molecule has 0 amide bonds. The molecule has 9 nitrogen and oxygen atoms in total. The minimum atomic E-state index is -2.70. The Labute approximate surface area is 856 Å². The Balaban J connectivity index is 0.000000105. The van der Waals surface area contributed by atoms with Gasteiger partial charge in [-0.1, -0.05) is 408 Å². The monoisotopic (exact) mass is 1920 g/mol. The zero-order chi connectivity index (χ0) is 97.8. The van der Waals surface area contributed by atoms with Gasteiger partial charge in [-0.3, -0.25) is 9.13 Å². The average Bonchev–Trinajstić information content (AvgIpc) is 1.52. The minimum absolute atomic E-state index is 0.218. The van der Waals surface area contributed by atoms with Crippen LogP contribution in [-0.4, -0.2) is 41.7 Å². The zero-order valence-corrected chi connectivity index (χ0v) is 82.6. The highest BCUT2D eigenvalue weighted by Crippen LogP contribution is 2.54. The van der Waals surface area contributed by atoms with E-state index in [2.05, 4.69) is 483 Å². The second-order valence-corrected chi connectivity index (χ2v) is 44.1. The number of hydrogen-bond donors (Lipinski definition) is 0. The molecular weight excluding hydrogens is 1840 g/mol. The summed E-state index contributed by atoms with van der Waals surface area (Å²) in [6.45, 7) is 4.71. The third-order valence-electron chi connectivity index (χ3n) is 30.8. The lowest BCUT2D eigenvalue weighted by Crippen LogP contribution is -2.74. The zero-order valence-electron chi connectivity index (χ0n) is 80.8. The topological polar surface area (TPSA) is 92.6 Å². The maximum atomic E-state index is 6.52. The van der Waals surface area contributed by atoms with Gasteiger partial charge in [-0.25, -0.2) is 19.9 Å². The molecule has 0 bridgehead atoms. The van der Waals surface area contributed by atoms with Gasteiger partial charge in [-0.2, -0.15) is 0 Å². The van der Waals surface area contributed by atoms with E-state index in [9.17, 15) is 0 Å². The Morgan fingerprint density at radius 1 is 0.236 bits per heavy atom. The van der Waals surface area contributed by atoms with Crippen LogP contribution in [-0.2, 0) is 5.41 Å². The molecule has 11 heteroatoms. The predicted molar refractivity (Wildman–Crippen MR) is 622 cm³/mol. The van der Waals surface area contributed by atoms with Crippen LogP contribution in [0.5, 0.6) is 0 Å². The summed E-state index contributed by atoms with van der Waals surface area (Å²) < 4.78 is 22.6. The van der Waals surface area contributed by atoms with E-state index in [1.165, 1.54) is 145 Å². The Bertz CT molecular complexity index is 10400. The number of nitrogens with zero attached hydrogens (tertiary/aromatic N) is 7. The molecule has 31 rings (SSSR count). The molecule has 0 N–H and O–H groups in total. The normalized spacial score (nSPS) is 12.4. The minimum Gasteiger partial charge on any atom is -0.455 e. The van der Waals surface area contributed by atoms with Gasteiger partial charge >= 0.3 is 0 Å². The van der Waals surface area contributed by atoms with E-state index in [1.54, 1.807) is 0 Å². The summed E-state index contributed by atoms with van der Waals surface area (Å²) in [7, 11) is -2.70. The number of thiophene rings is 1. The van der Waals surface area contributed by atoms with Crippen LogP contribution in [0.1, 0.15) is 25.0 Å². The van der Waals surface area contributed by atoms with E-state index in [4.69, 9.17) is 28.8 Å². The van der Waals surface area contributed by atoms with Gasteiger partial charge < -0.3 is 13.4 Å². The van der Waals surface area contributed by atoms with Crippen molar-refractivity contribution < 1.29 is 8.83 Å². The van der Waals surface area contributed by atoms with Gasteiger partial charge in [0.15, 0.2) is 8.07 Å². The van der Waals surface area contributed by atoms with Crippen LogP contribution < -0.4 is 20.7 Å². The molecule has 1 aliphatic rings. The van der Waals surface area contributed by atoms with Crippen LogP contribution in [0.15, 0.2) is 512 Å². The molecule has 8 heterocycles. The fourth-order valence-electron chi connectivity index (χ4n) is 24.1. The molecule has 694 valence electrons. The predicted octanol–water partition coefficient (Wildman–Crippen LogP) is 33.6. The molecule has 1 aliphatic carbocycles. The molecule has 22 aromatic carbocycles. The molecule has 0 radical (unpaired) electrons. The lowest BCUT2D eigenvalue weighted by molar-refractivity contribution is 0.661. The Kier molecular flexibility index (Phi) is 20.0. The quantitative estimate of drug-likeness (QED) is 0.0687. The van der Waals surface area contributed by atoms with Crippen LogP contribution >= 0.6 is 11.3 Å². The summed E-state index contributed by atoms with van der Waals surface area (Å²) in [6.07, 6.45) is 1.88.